The van der Waals surface area contributed by atoms with Gasteiger partial charge in [0.2, 0.25) is 5.91 Å². The Hall–Kier alpha value is -2.29. The zero-order chi connectivity index (χ0) is 12.3. The second-order valence-corrected chi connectivity index (χ2v) is 3.97. The number of anilines is 2. The van der Waals surface area contributed by atoms with Crippen LogP contribution in [0, 0.1) is 11.3 Å². The highest BCUT2D eigenvalue weighted by Gasteiger charge is 2.22. The maximum atomic E-state index is 11.4. The normalized spacial score (nSPS) is 13.8. The molecule has 6 heteroatoms. The molecule has 0 atom stereocenters. The summed E-state index contributed by atoms with van der Waals surface area (Å²) < 4.78 is 0. The van der Waals surface area contributed by atoms with E-state index in [1.54, 1.807) is 0 Å². The van der Waals surface area contributed by atoms with Crippen molar-refractivity contribution in [1.29, 1.82) is 5.26 Å². The number of hydrogen-bond donors (Lipinski definition) is 3. The molecule has 1 aliphatic carbocycles. The molecule has 1 aromatic rings. The molecule has 6 nitrogen and oxygen atoms in total. The highest BCUT2D eigenvalue weighted by Crippen LogP contribution is 2.18. The molecule has 0 saturated heterocycles. The van der Waals surface area contributed by atoms with Gasteiger partial charge in [-0.25, -0.2) is 4.98 Å². The number of nitrogens with one attached hydrogen (secondary N) is 2. The monoisotopic (exact) mass is 231 g/mol. The number of nitriles is 1. The lowest BCUT2D eigenvalue weighted by molar-refractivity contribution is -0.119. The quantitative estimate of drug-likeness (QED) is 0.688. The maximum absolute atomic E-state index is 11.4. The molecule has 0 bridgehead atoms. The molecular weight excluding hydrogens is 218 g/mol. The van der Waals surface area contributed by atoms with Gasteiger partial charge < -0.3 is 16.4 Å². The third kappa shape index (κ3) is 3.08. The number of hydrogen-bond acceptors (Lipinski definition) is 5. The number of pyridine rings is 1. The number of nitrogen functional groups attached to an aromatic ring is 1. The lowest BCUT2D eigenvalue weighted by atomic mass is 10.2. The summed E-state index contributed by atoms with van der Waals surface area (Å²) in [6.45, 7) is 0.113. The number of carbonyl (C=O) groups is 1. The molecule has 0 unspecified atom stereocenters. The second kappa shape index (κ2) is 4.70. The molecule has 0 aromatic carbocycles. The van der Waals surface area contributed by atoms with E-state index in [2.05, 4.69) is 15.6 Å². The van der Waals surface area contributed by atoms with Crippen LogP contribution in [0.5, 0.6) is 0 Å². The van der Waals surface area contributed by atoms with E-state index in [0.717, 1.165) is 12.8 Å². The molecular formula is C11H13N5O. The van der Waals surface area contributed by atoms with Crippen LogP contribution in [0.25, 0.3) is 0 Å². The van der Waals surface area contributed by atoms with Crippen LogP contribution in [-0.2, 0) is 4.79 Å². The molecule has 0 spiro atoms. The van der Waals surface area contributed by atoms with E-state index in [4.69, 9.17) is 11.0 Å². The van der Waals surface area contributed by atoms with Crippen LogP contribution in [0.4, 0.5) is 11.5 Å². The Bertz CT molecular complexity index is 475. The summed E-state index contributed by atoms with van der Waals surface area (Å²) in [5, 5.41) is 14.5. The Balaban J connectivity index is 1.93. The van der Waals surface area contributed by atoms with E-state index in [0.29, 0.717) is 23.1 Å². The van der Waals surface area contributed by atoms with Crippen LogP contribution in [0.15, 0.2) is 12.3 Å². The van der Waals surface area contributed by atoms with Gasteiger partial charge in [0.15, 0.2) is 0 Å². The van der Waals surface area contributed by atoms with E-state index >= 15 is 0 Å². The van der Waals surface area contributed by atoms with Crippen LogP contribution in [0.3, 0.4) is 0 Å². The highest BCUT2D eigenvalue weighted by molar-refractivity contribution is 5.81. The third-order valence-corrected chi connectivity index (χ3v) is 2.39. The molecule has 2 rings (SSSR count). The van der Waals surface area contributed by atoms with Crippen molar-refractivity contribution in [3.63, 3.8) is 0 Å². The molecule has 0 aliphatic heterocycles. The van der Waals surface area contributed by atoms with Crippen LogP contribution in [-0.4, -0.2) is 23.5 Å². The molecule has 1 heterocycles. The van der Waals surface area contributed by atoms with E-state index in [1.807, 2.05) is 6.07 Å². The van der Waals surface area contributed by atoms with E-state index in [-0.39, 0.29) is 12.5 Å². The Labute approximate surface area is 98.8 Å². The lowest BCUT2D eigenvalue weighted by Crippen LogP contribution is -2.31. The molecule has 1 amide bonds. The number of amides is 1. The van der Waals surface area contributed by atoms with Gasteiger partial charge in [0, 0.05) is 6.04 Å². The number of nitrogens with two attached hydrogens (primary N) is 1. The molecule has 0 radical (unpaired) electrons. The van der Waals surface area contributed by atoms with E-state index < -0.39 is 0 Å². The first-order valence-electron chi connectivity index (χ1n) is 5.38. The maximum Gasteiger partial charge on any atom is 0.239 e. The van der Waals surface area contributed by atoms with Gasteiger partial charge in [-0.3, -0.25) is 4.79 Å². The van der Waals surface area contributed by atoms with Gasteiger partial charge in [-0.2, -0.15) is 5.26 Å². The van der Waals surface area contributed by atoms with Gasteiger partial charge in [0.05, 0.1) is 24.0 Å². The molecule has 1 saturated carbocycles. The van der Waals surface area contributed by atoms with Crippen molar-refractivity contribution in [3.05, 3.63) is 17.8 Å². The first-order chi connectivity index (χ1) is 8.19. The van der Waals surface area contributed by atoms with Gasteiger partial charge in [-0.1, -0.05) is 0 Å². The van der Waals surface area contributed by atoms with Gasteiger partial charge in [0.25, 0.3) is 0 Å². The minimum absolute atomic E-state index is 0.0879. The summed E-state index contributed by atoms with van der Waals surface area (Å²) in [5.41, 5.74) is 6.28. The number of rotatable bonds is 4. The zero-order valence-electron chi connectivity index (χ0n) is 9.23. The van der Waals surface area contributed by atoms with Gasteiger partial charge in [0.1, 0.15) is 11.9 Å². The number of carbonyl (C=O) groups excluding carboxylic acids is 1. The fourth-order valence-electron chi connectivity index (χ4n) is 1.38. The first kappa shape index (κ1) is 11.2. The SMILES string of the molecule is N#Cc1cc(N)cnc1NCC(=O)NC1CC1. The summed E-state index contributed by atoms with van der Waals surface area (Å²) in [6.07, 6.45) is 3.55. The van der Waals surface area contributed by atoms with Crippen molar-refractivity contribution in [2.75, 3.05) is 17.6 Å². The first-order valence-corrected chi connectivity index (χ1v) is 5.38. The average molecular weight is 231 g/mol. The average Bonchev–Trinajstić information content (AvgIpc) is 3.11. The van der Waals surface area contributed by atoms with Crippen LogP contribution in [0.2, 0.25) is 0 Å². The summed E-state index contributed by atoms with van der Waals surface area (Å²) in [6, 6.07) is 3.83. The topological polar surface area (TPSA) is 104 Å². The van der Waals surface area contributed by atoms with E-state index in [1.165, 1.54) is 12.3 Å². The predicted molar refractivity (Wildman–Crippen MR) is 63.0 cm³/mol. The zero-order valence-corrected chi connectivity index (χ0v) is 9.23. The second-order valence-electron chi connectivity index (χ2n) is 3.97. The fraction of sp³-hybridized carbons (Fsp3) is 0.364. The van der Waals surface area contributed by atoms with Crippen molar-refractivity contribution in [3.8, 4) is 6.07 Å². The van der Waals surface area contributed by atoms with Gasteiger partial charge >= 0.3 is 0 Å². The Morgan fingerprint density at radius 2 is 2.41 bits per heavy atom. The van der Waals surface area contributed by atoms with Crippen LogP contribution in [0.1, 0.15) is 18.4 Å². The van der Waals surface area contributed by atoms with Gasteiger partial charge in [-0.15, -0.1) is 0 Å². The van der Waals surface area contributed by atoms with Crippen molar-refractivity contribution in [2.45, 2.75) is 18.9 Å². The smallest absolute Gasteiger partial charge is 0.239 e. The summed E-state index contributed by atoms with van der Waals surface area (Å²) in [7, 11) is 0. The minimum Gasteiger partial charge on any atom is -0.397 e. The van der Waals surface area contributed by atoms with Gasteiger partial charge in [-0.05, 0) is 18.9 Å². The van der Waals surface area contributed by atoms with Crippen LogP contribution < -0.4 is 16.4 Å². The third-order valence-electron chi connectivity index (χ3n) is 2.39. The summed E-state index contributed by atoms with van der Waals surface area (Å²) in [4.78, 5) is 15.4. The van der Waals surface area contributed by atoms with Crippen molar-refractivity contribution in [2.24, 2.45) is 0 Å². The van der Waals surface area contributed by atoms with Crippen molar-refractivity contribution < 1.29 is 4.79 Å². The minimum atomic E-state index is -0.0879. The van der Waals surface area contributed by atoms with E-state index in [9.17, 15) is 4.79 Å². The molecule has 1 aromatic heterocycles. The molecule has 17 heavy (non-hydrogen) atoms. The summed E-state index contributed by atoms with van der Waals surface area (Å²) in [5.74, 6) is 0.294. The molecule has 1 fully saturated rings. The highest BCUT2D eigenvalue weighted by atomic mass is 16.2. The van der Waals surface area contributed by atoms with Crippen molar-refractivity contribution >= 4 is 17.4 Å². The van der Waals surface area contributed by atoms with Crippen molar-refractivity contribution in [1.82, 2.24) is 10.3 Å². The number of aromatic nitrogens is 1. The Morgan fingerprint density at radius 1 is 1.65 bits per heavy atom. The summed E-state index contributed by atoms with van der Waals surface area (Å²) >= 11 is 0. The Kier molecular flexibility index (Phi) is 3.10. The number of nitrogens with zero attached hydrogens (tertiary/aromatic N) is 2. The Morgan fingerprint density at radius 3 is 3.06 bits per heavy atom. The molecule has 88 valence electrons. The largest absolute Gasteiger partial charge is 0.397 e. The lowest BCUT2D eigenvalue weighted by Gasteiger charge is -2.07. The predicted octanol–water partition coefficient (Wildman–Crippen LogP) is 0.226. The molecule has 1 aliphatic rings. The van der Waals surface area contributed by atoms with Crippen LogP contribution >= 0.6 is 0 Å². The fourth-order valence-corrected chi connectivity index (χ4v) is 1.38. The standard InChI is InChI=1S/C11H13N5O/c12-4-7-3-8(13)5-14-11(7)15-6-10(17)16-9-1-2-9/h3,5,9H,1-2,6,13H2,(H,14,15)(H,16,17). The molecule has 4 N–H and O–H groups in total.